The molecule has 0 spiro atoms. The van der Waals surface area contributed by atoms with Crippen molar-refractivity contribution in [2.24, 2.45) is 4.36 Å². The van der Waals surface area contributed by atoms with Crippen LogP contribution in [0, 0.1) is 0 Å². The van der Waals surface area contributed by atoms with E-state index in [1.54, 1.807) is 0 Å². The molecule has 2 aromatic carbocycles. The first-order valence-corrected chi connectivity index (χ1v) is 7.30. The summed E-state index contributed by atoms with van der Waals surface area (Å²) in [4.78, 5) is 14.3. The highest BCUT2D eigenvalue weighted by Crippen LogP contribution is 2.21. The van der Waals surface area contributed by atoms with Gasteiger partial charge in [0.05, 0.1) is 0 Å². The molecule has 1 aromatic heterocycles. The average Bonchev–Trinajstić information content (AvgIpc) is 2.55. The molecule has 3 aromatic rings. The van der Waals surface area contributed by atoms with E-state index in [2.05, 4.69) is 43.6 Å². The van der Waals surface area contributed by atoms with E-state index < -0.39 is 10.7 Å². The lowest BCUT2D eigenvalue weighted by Gasteiger charge is -2.07. The smallest absolute Gasteiger partial charge is 0.225 e. The van der Waals surface area contributed by atoms with Crippen molar-refractivity contribution in [3.63, 3.8) is 0 Å². The molecular weight excluding hydrogens is 268 g/mol. The summed E-state index contributed by atoms with van der Waals surface area (Å²) in [6.45, 7) is 0. The third-order valence-corrected chi connectivity index (χ3v) is 4.37. The fourth-order valence-electron chi connectivity index (χ4n) is 1.70. The monoisotopic (exact) mass is 280 g/mol. The molecular formula is C15H12N4S. The van der Waals surface area contributed by atoms with Gasteiger partial charge in [0.1, 0.15) is 12.7 Å². The van der Waals surface area contributed by atoms with Crippen molar-refractivity contribution in [1.29, 1.82) is 0 Å². The van der Waals surface area contributed by atoms with Crippen LogP contribution in [0.3, 0.4) is 0 Å². The fraction of sp³-hybridized carbons (Fsp3) is 0. The molecule has 0 unspecified atom stereocenters. The fourth-order valence-corrected chi connectivity index (χ4v) is 3.27. The summed E-state index contributed by atoms with van der Waals surface area (Å²) in [5.74, 6) is 0.455. The number of hydrogen-bond donors (Lipinski definition) is 0. The van der Waals surface area contributed by atoms with E-state index in [1.807, 2.05) is 36.4 Å². The zero-order valence-corrected chi connectivity index (χ0v) is 11.4. The highest BCUT2D eigenvalue weighted by atomic mass is 32.2. The summed E-state index contributed by atoms with van der Waals surface area (Å²) in [7, 11) is -0.430. The van der Waals surface area contributed by atoms with Crippen LogP contribution in [0.1, 0.15) is 0 Å². The van der Waals surface area contributed by atoms with Gasteiger partial charge in [0.2, 0.25) is 0 Å². The van der Waals surface area contributed by atoms with Crippen LogP contribution in [-0.2, 0) is 10.7 Å². The van der Waals surface area contributed by atoms with Crippen LogP contribution >= 0.6 is 0 Å². The second-order valence-electron chi connectivity index (χ2n) is 3.94. The van der Waals surface area contributed by atoms with Gasteiger partial charge in [0, 0.05) is 9.79 Å². The normalized spacial score (nSPS) is 10.4. The van der Waals surface area contributed by atoms with Crippen molar-refractivity contribution < 1.29 is 0 Å². The van der Waals surface area contributed by atoms with E-state index in [0.717, 1.165) is 9.79 Å². The quantitative estimate of drug-likeness (QED) is 0.738. The molecule has 20 heavy (non-hydrogen) atoms. The van der Waals surface area contributed by atoms with Crippen LogP contribution in [0.5, 0.6) is 0 Å². The Balaban J connectivity index is 2.12. The number of benzene rings is 2. The molecule has 1 heterocycles. The molecule has 0 saturated carbocycles. The minimum absolute atomic E-state index is 0.430. The molecule has 4 nitrogen and oxygen atoms in total. The van der Waals surface area contributed by atoms with Crippen LogP contribution in [0.25, 0.3) is 0 Å². The van der Waals surface area contributed by atoms with Gasteiger partial charge in [-0.1, -0.05) is 36.4 Å². The van der Waals surface area contributed by atoms with E-state index in [1.165, 1.54) is 12.7 Å². The summed E-state index contributed by atoms with van der Waals surface area (Å²) in [5, 5.41) is 0. The molecule has 5 heteroatoms. The summed E-state index contributed by atoms with van der Waals surface area (Å²) in [5.41, 5.74) is 0. The number of aromatic nitrogens is 3. The minimum Gasteiger partial charge on any atom is -0.225 e. The Labute approximate surface area is 119 Å². The molecule has 0 aliphatic rings. The lowest BCUT2D eigenvalue weighted by Crippen LogP contribution is -1.93. The van der Waals surface area contributed by atoms with Crippen molar-refractivity contribution in [2.45, 2.75) is 9.79 Å². The zero-order valence-electron chi connectivity index (χ0n) is 10.6. The van der Waals surface area contributed by atoms with Crippen LogP contribution in [0.15, 0.2) is 87.5 Å². The van der Waals surface area contributed by atoms with E-state index >= 15 is 0 Å². The Morgan fingerprint density at radius 2 is 1.20 bits per heavy atom. The Morgan fingerprint density at radius 3 is 1.70 bits per heavy atom. The largest absolute Gasteiger partial charge is 0.259 e. The van der Waals surface area contributed by atoms with Gasteiger partial charge in [-0.15, -0.1) is 0 Å². The summed E-state index contributed by atoms with van der Waals surface area (Å²) in [6.07, 6.45) is 2.92. The van der Waals surface area contributed by atoms with Gasteiger partial charge in [-0.3, -0.25) is 0 Å². The van der Waals surface area contributed by atoms with Gasteiger partial charge in [0.15, 0.2) is 0 Å². The van der Waals surface area contributed by atoms with E-state index in [4.69, 9.17) is 0 Å². The first-order chi connectivity index (χ1) is 9.93. The standard InChI is InChI=1S/C15H12N4S/c1-3-7-13(8-4-1)20(14-9-5-2-6-10-14)19-15-17-11-16-12-18-15/h1-12H. The van der Waals surface area contributed by atoms with Gasteiger partial charge < -0.3 is 0 Å². The number of hydrogen-bond acceptors (Lipinski definition) is 4. The highest BCUT2D eigenvalue weighted by Gasteiger charge is 2.05. The predicted molar refractivity (Wildman–Crippen MR) is 78.7 cm³/mol. The second kappa shape index (κ2) is 6.16. The SMILES string of the molecule is c1ccc(S(=Nc2ncncn2)c2ccccc2)cc1. The number of rotatable bonds is 3. The van der Waals surface area contributed by atoms with Crippen LogP contribution < -0.4 is 0 Å². The van der Waals surface area contributed by atoms with E-state index in [9.17, 15) is 0 Å². The van der Waals surface area contributed by atoms with Crippen molar-refractivity contribution in [3.8, 4) is 0 Å². The summed E-state index contributed by atoms with van der Waals surface area (Å²) >= 11 is 0. The van der Waals surface area contributed by atoms with Crippen LogP contribution in [0.4, 0.5) is 5.95 Å². The minimum atomic E-state index is -0.430. The Kier molecular flexibility index (Phi) is 3.89. The van der Waals surface area contributed by atoms with Gasteiger partial charge in [0.25, 0.3) is 5.95 Å². The lowest BCUT2D eigenvalue weighted by atomic mass is 10.4. The molecule has 0 radical (unpaired) electrons. The van der Waals surface area contributed by atoms with Gasteiger partial charge >= 0.3 is 0 Å². The third kappa shape index (κ3) is 2.95. The Morgan fingerprint density at radius 1 is 0.700 bits per heavy atom. The second-order valence-corrected chi connectivity index (χ2v) is 5.63. The van der Waals surface area contributed by atoms with Crippen LogP contribution in [-0.4, -0.2) is 15.0 Å². The predicted octanol–water partition coefficient (Wildman–Crippen LogP) is 3.42. The molecule has 0 aliphatic heterocycles. The lowest BCUT2D eigenvalue weighted by molar-refractivity contribution is 1.04. The Bertz CT molecular complexity index is 658. The summed E-state index contributed by atoms with van der Waals surface area (Å²) in [6, 6.07) is 20.3. The van der Waals surface area contributed by atoms with E-state index in [0.29, 0.717) is 5.95 Å². The van der Waals surface area contributed by atoms with Gasteiger partial charge in [-0.05, 0) is 35.0 Å². The third-order valence-electron chi connectivity index (χ3n) is 2.59. The maximum atomic E-state index is 4.66. The molecule has 0 aliphatic carbocycles. The molecule has 0 N–H and O–H groups in total. The summed E-state index contributed by atoms with van der Waals surface area (Å²) < 4.78 is 4.66. The molecule has 0 fully saturated rings. The molecule has 98 valence electrons. The maximum Gasteiger partial charge on any atom is 0.259 e. The number of nitrogens with zero attached hydrogens (tertiary/aromatic N) is 4. The zero-order chi connectivity index (χ0) is 13.6. The molecule has 0 saturated heterocycles. The Hall–Kier alpha value is -2.40. The van der Waals surface area contributed by atoms with Crippen LogP contribution in [0.2, 0.25) is 0 Å². The van der Waals surface area contributed by atoms with Gasteiger partial charge in [-0.25, -0.2) is 4.98 Å². The first-order valence-electron chi connectivity index (χ1n) is 6.12. The highest BCUT2D eigenvalue weighted by molar-refractivity contribution is 7.87. The van der Waals surface area contributed by atoms with Gasteiger partial charge in [-0.2, -0.15) is 14.3 Å². The molecule has 3 rings (SSSR count). The van der Waals surface area contributed by atoms with E-state index in [-0.39, 0.29) is 0 Å². The van der Waals surface area contributed by atoms with Crippen molar-refractivity contribution in [3.05, 3.63) is 73.3 Å². The van der Waals surface area contributed by atoms with Crippen molar-refractivity contribution in [1.82, 2.24) is 15.0 Å². The molecule has 0 atom stereocenters. The molecule has 0 bridgehead atoms. The first kappa shape index (κ1) is 12.6. The topological polar surface area (TPSA) is 51.0 Å². The average molecular weight is 280 g/mol. The van der Waals surface area contributed by atoms with Crippen molar-refractivity contribution >= 4 is 16.6 Å². The molecule has 0 amide bonds. The maximum absolute atomic E-state index is 4.66. The van der Waals surface area contributed by atoms with Crippen molar-refractivity contribution in [2.75, 3.05) is 0 Å².